The summed E-state index contributed by atoms with van der Waals surface area (Å²) in [5.74, 6) is 0.739. The molecule has 0 radical (unpaired) electrons. The number of amides is 1. The molecule has 0 spiro atoms. The molecule has 136 valence electrons. The summed E-state index contributed by atoms with van der Waals surface area (Å²) < 4.78 is 2.05. The average molecular weight is 353 g/mol. The van der Waals surface area contributed by atoms with Crippen molar-refractivity contribution in [3.05, 3.63) is 30.1 Å². The Hall–Kier alpha value is -2.37. The van der Waals surface area contributed by atoms with Crippen LogP contribution in [0.2, 0.25) is 0 Å². The summed E-state index contributed by atoms with van der Waals surface area (Å²) in [6, 6.07) is 7.95. The van der Waals surface area contributed by atoms with Gasteiger partial charge in [-0.05, 0) is 57.1 Å². The van der Waals surface area contributed by atoms with Crippen molar-refractivity contribution in [2.24, 2.45) is 5.41 Å². The van der Waals surface area contributed by atoms with Crippen LogP contribution in [0.5, 0.6) is 0 Å². The standard InChI is InChI=1S/C20H23N3O3/c24-16(22-20-9-7-19(12-20,8-10-20)18(25)26)11-23-15-4-2-1-3-14(15)21-17(23)13-5-6-13/h1-4,13H,5-12H2,(H,22,24)(H,25,26). The van der Waals surface area contributed by atoms with Gasteiger partial charge in [-0.3, -0.25) is 9.59 Å². The van der Waals surface area contributed by atoms with Gasteiger partial charge in [-0.2, -0.15) is 0 Å². The van der Waals surface area contributed by atoms with Crippen LogP contribution in [0.3, 0.4) is 0 Å². The third-order valence-corrected chi connectivity index (χ3v) is 6.63. The average Bonchev–Trinajstić information content (AvgIpc) is 3.18. The van der Waals surface area contributed by atoms with E-state index in [-0.39, 0.29) is 18.0 Å². The van der Waals surface area contributed by atoms with Crippen molar-refractivity contribution in [1.82, 2.24) is 14.9 Å². The number of hydrogen-bond donors (Lipinski definition) is 2. The molecule has 6 nitrogen and oxygen atoms in total. The molecule has 2 N–H and O–H groups in total. The van der Waals surface area contributed by atoms with Crippen LogP contribution < -0.4 is 5.32 Å². The summed E-state index contributed by atoms with van der Waals surface area (Å²) in [6.45, 7) is 0.258. The fourth-order valence-electron chi connectivity index (χ4n) is 5.06. The van der Waals surface area contributed by atoms with Gasteiger partial charge < -0.3 is 15.0 Å². The first-order valence-electron chi connectivity index (χ1n) is 9.50. The van der Waals surface area contributed by atoms with Crippen LogP contribution in [0.25, 0.3) is 11.0 Å². The van der Waals surface area contributed by atoms with E-state index >= 15 is 0 Å². The highest BCUT2D eigenvalue weighted by Crippen LogP contribution is 2.56. The molecule has 1 amide bonds. The third-order valence-electron chi connectivity index (χ3n) is 6.63. The summed E-state index contributed by atoms with van der Waals surface area (Å²) in [7, 11) is 0. The summed E-state index contributed by atoms with van der Waals surface area (Å²) in [5.41, 5.74) is 0.992. The fraction of sp³-hybridized carbons (Fsp3) is 0.550. The van der Waals surface area contributed by atoms with E-state index in [9.17, 15) is 14.7 Å². The van der Waals surface area contributed by atoms with Crippen LogP contribution in [0.4, 0.5) is 0 Å². The second-order valence-corrected chi connectivity index (χ2v) is 8.41. The smallest absolute Gasteiger partial charge is 0.309 e. The van der Waals surface area contributed by atoms with Gasteiger partial charge in [0.2, 0.25) is 5.91 Å². The van der Waals surface area contributed by atoms with Crippen LogP contribution in [-0.2, 0) is 16.1 Å². The highest BCUT2D eigenvalue weighted by molar-refractivity contribution is 5.82. The highest BCUT2D eigenvalue weighted by Gasteiger charge is 2.58. The molecule has 6 heteroatoms. The van der Waals surface area contributed by atoms with Crippen LogP contribution in [-0.4, -0.2) is 32.1 Å². The van der Waals surface area contributed by atoms with E-state index < -0.39 is 11.4 Å². The maximum Gasteiger partial charge on any atom is 0.309 e. The number of carbonyl (C=O) groups is 2. The van der Waals surface area contributed by atoms with Crippen molar-refractivity contribution in [1.29, 1.82) is 0 Å². The van der Waals surface area contributed by atoms with Crippen molar-refractivity contribution in [3.8, 4) is 0 Å². The second kappa shape index (κ2) is 5.32. The Kier molecular flexibility index (Phi) is 3.24. The number of fused-ring (bicyclic) bond motifs is 3. The molecule has 1 aromatic heterocycles. The quantitative estimate of drug-likeness (QED) is 0.866. The van der Waals surface area contributed by atoms with Crippen LogP contribution in [0, 0.1) is 5.41 Å². The first-order valence-corrected chi connectivity index (χ1v) is 9.50. The number of benzene rings is 1. The van der Waals surface area contributed by atoms with Crippen molar-refractivity contribution >= 4 is 22.9 Å². The minimum absolute atomic E-state index is 0.0295. The number of para-hydroxylation sites is 2. The molecular weight excluding hydrogens is 330 g/mol. The van der Waals surface area contributed by atoms with Gasteiger partial charge in [0.1, 0.15) is 12.4 Å². The minimum Gasteiger partial charge on any atom is -0.481 e. The van der Waals surface area contributed by atoms with E-state index in [1.54, 1.807) is 0 Å². The van der Waals surface area contributed by atoms with E-state index in [4.69, 9.17) is 4.98 Å². The zero-order chi connectivity index (χ0) is 17.9. The van der Waals surface area contributed by atoms with E-state index in [0.717, 1.165) is 42.5 Å². The lowest BCUT2D eigenvalue weighted by atomic mass is 9.84. The summed E-state index contributed by atoms with van der Waals surface area (Å²) >= 11 is 0. The van der Waals surface area contributed by atoms with E-state index in [1.165, 1.54) is 0 Å². The molecular formula is C20H23N3O3. The summed E-state index contributed by atoms with van der Waals surface area (Å²) in [4.78, 5) is 29.2. The number of imidazole rings is 1. The molecule has 0 aliphatic heterocycles. The zero-order valence-corrected chi connectivity index (χ0v) is 14.7. The second-order valence-electron chi connectivity index (χ2n) is 8.41. The van der Waals surface area contributed by atoms with Gasteiger partial charge in [0.25, 0.3) is 0 Å². The molecule has 2 bridgehead atoms. The van der Waals surface area contributed by atoms with Crippen molar-refractivity contribution in [2.45, 2.75) is 62.9 Å². The Labute approximate surface area is 151 Å². The lowest BCUT2D eigenvalue weighted by Gasteiger charge is -2.28. The van der Waals surface area contributed by atoms with Crippen LogP contribution in [0.1, 0.15) is 56.7 Å². The molecule has 0 atom stereocenters. The molecule has 26 heavy (non-hydrogen) atoms. The molecule has 3 aliphatic rings. The first-order chi connectivity index (χ1) is 12.5. The monoisotopic (exact) mass is 353 g/mol. The number of rotatable bonds is 5. The fourth-order valence-corrected chi connectivity index (χ4v) is 5.06. The number of aromatic nitrogens is 2. The molecule has 3 fully saturated rings. The Morgan fingerprint density at radius 3 is 2.58 bits per heavy atom. The molecule has 1 aromatic carbocycles. The predicted molar refractivity (Wildman–Crippen MR) is 95.7 cm³/mol. The summed E-state index contributed by atoms with van der Waals surface area (Å²) in [6.07, 6.45) is 5.72. The number of nitrogens with zero attached hydrogens (tertiary/aromatic N) is 2. The third kappa shape index (κ3) is 2.35. The van der Waals surface area contributed by atoms with Gasteiger partial charge in [0, 0.05) is 11.5 Å². The molecule has 5 rings (SSSR count). The predicted octanol–water partition coefficient (Wildman–Crippen LogP) is 2.82. The lowest BCUT2D eigenvalue weighted by Crippen LogP contribution is -2.46. The van der Waals surface area contributed by atoms with E-state index in [2.05, 4.69) is 5.32 Å². The molecule has 2 aromatic rings. The van der Waals surface area contributed by atoms with E-state index in [0.29, 0.717) is 25.2 Å². The largest absolute Gasteiger partial charge is 0.481 e. The van der Waals surface area contributed by atoms with Crippen molar-refractivity contribution in [3.63, 3.8) is 0 Å². The van der Waals surface area contributed by atoms with Gasteiger partial charge in [-0.25, -0.2) is 4.98 Å². The number of carbonyl (C=O) groups excluding carboxylic acids is 1. The molecule has 3 aliphatic carbocycles. The minimum atomic E-state index is -0.706. The lowest BCUT2D eigenvalue weighted by molar-refractivity contribution is -0.148. The Balaban J connectivity index is 1.38. The Morgan fingerprint density at radius 2 is 1.92 bits per heavy atom. The maximum atomic E-state index is 12.9. The number of carboxylic acids is 1. The summed E-state index contributed by atoms with van der Waals surface area (Å²) in [5, 5.41) is 12.7. The van der Waals surface area contributed by atoms with Gasteiger partial charge in [0.15, 0.2) is 0 Å². The van der Waals surface area contributed by atoms with Gasteiger partial charge >= 0.3 is 5.97 Å². The SMILES string of the molecule is O=C(Cn1c(C2CC2)nc2ccccc21)NC12CCC(C(=O)O)(CC1)C2. The molecule has 0 unspecified atom stereocenters. The molecule has 1 heterocycles. The van der Waals surface area contributed by atoms with Gasteiger partial charge in [-0.1, -0.05) is 12.1 Å². The zero-order valence-electron chi connectivity index (χ0n) is 14.7. The molecule has 0 saturated heterocycles. The highest BCUT2D eigenvalue weighted by atomic mass is 16.4. The van der Waals surface area contributed by atoms with Crippen molar-refractivity contribution < 1.29 is 14.7 Å². The number of aliphatic carboxylic acids is 1. The topological polar surface area (TPSA) is 84.2 Å². The van der Waals surface area contributed by atoms with Crippen LogP contribution in [0.15, 0.2) is 24.3 Å². The number of hydrogen-bond acceptors (Lipinski definition) is 3. The van der Waals surface area contributed by atoms with Gasteiger partial charge in [-0.15, -0.1) is 0 Å². The maximum absolute atomic E-state index is 12.9. The Bertz CT molecular complexity index is 904. The van der Waals surface area contributed by atoms with Gasteiger partial charge in [0.05, 0.1) is 16.4 Å². The van der Waals surface area contributed by atoms with Crippen LogP contribution >= 0.6 is 0 Å². The first kappa shape index (κ1) is 15.9. The number of nitrogens with one attached hydrogen (secondary N) is 1. The van der Waals surface area contributed by atoms with E-state index in [1.807, 2.05) is 28.8 Å². The van der Waals surface area contributed by atoms with Crippen molar-refractivity contribution in [2.75, 3.05) is 0 Å². The number of carboxylic acid groups (broad SMARTS) is 1. The Morgan fingerprint density at radius 1 is 1.19 bits per heavy atom. The normalized spacial score (nSPS) is 30.0. The molecule has 3 saturated carbocycles.